The van der Waals surface area contributed by atoms with E-state index in [1.807, 2.05) is 42.6 Å². The van der Waals surface area contributed by atoms with Gasteiger partial charge in [-0.1, -0.05) is 176 Å². The predicted octanol–water partition coefficient (Wildman–Crippen LogP) is 13.4. The van der Waals surface area contributed by atoms with E-state index in [0.717, 1.165) is 60.6 Å². The van der Waals surface area contributed by atoms with Crippen LogP contribution < -0.4 is 0 Å². The lowest BCUT2D eigenvalue weighted by atomic mass is 9.97. The predicted molar refractivity (Wildman–Crippen MR) is 247 cm³/mol. The molecule has 0 bridgehead atoms. The largest absolute Gasteiger partial charge is 0.307 e. The van der Waals surface area contributed by atoms with Crippen molar-refractivity contribution in [3.63, 3.8) is 0 Å². The van der Waals surface area contributed by atoms with Gasteiger partial charge in [0.05, 0.1) is 28.3 Å². The fourth-order valence-electron chi connectivity index (χ4n) is 9.59. The summed E-state index contributed by atoms with van der Waals surface area (Å²) < 4.78 is 4.81. The van der Waals surface area contributed by atoms with Crippen LogP contribution >= 0.6 is 0 Å². The van der Waals surface area contributed by atoms with Crippen LogP contribution in [-0.4, -0.2) is 29.1 Å². The van der Waals surface area contributed by atoms with Crippen molar-refractivity contribution in [3.8, 4) is 34.3 Å². The lowest BCUT2D eigenvalue weighted by Crippen LogP contribution is -2.06. The monoisotopic (exact) mass is 764 g/mol. The van der Waals surface area contributed by atoms with Crippen LogP contribution in [0.2, 0.25) is 0 Å². The highest BCUT2D eigenvalue weighted by molar-refractivity contribution is 6.39. The maximum Gasteiger partial charge on any atom is 0.236 e. The molecule has 9 aromatic carbocycles. The van der Waals surface area contributed by atoms with E-state index in [4.69, 9.17) is 19.9 Å². The summed E-state index contributed by atoms with van der Waals surface area (Å²) in [5, 5.41) is 11.7. The van der Waals surface area contributed by atoms with Crippen LogP contribution in [0.25, 0.3) is 121 Å². The van der Waals surface area contributed by atoms with Gasteiger partial charge in [-0.15, -0.1) is 0 Å². The van der Waals surface area contributed by atoms with Crippen molar-refractivity contribution >= 4 is 87.0 Å². The lowest BCUT2D eigenvalue weighted by Gasteiger charge is -2.15. The summed E-state index contributed by atoms with van der Waals surface area (Å²) >= 11 is 0. The van der Waals surface area contributed by atoms with Crippen LogP contribution in [0.3, 0.4) is 0 Å². The van der Waals surface area contributed by atoms with Crippen molar-refractivity contribution in [1.82, 2.24) is 29.1 Å². The first-order chi connectivity index (χ1) is 29.8. The number of nitrogens with zero attached hydrogens (tertiary/aromatic N) is 6. The molecule has 0 aliphatic rings. The minimum atomic E-state index is 0.556. The molecule has 0 fully saturated rings. The standard InChI is InChI=1S/C54H32N6/c1-4-18-35(19-5-1)47-48-44(32-55-53(57-48)36-20-6-2-7-21-36)56-54(58-47)60-50-39-25-13-11-17-34(39)29-31-43(50)46-41-27-15-14-26-40(41)45-42-30-28-33-16-10-12-24-38(33)49(42)59(51(45)52(46)60)37-22-8-3-9-23-37/h1-32H. The molecule has 13 aromatic rings. The van der Waals surface area contributed by atoms with Gasteiger partial charge in [0.2, 0.25) is 5.95 Å². The Bertz CT molecular complexity index is 3870. The van der Waals surface area contributed by atoms with Gasteiger partial charge < -0.3 is 4.57 Å². The Hall–Kier alpha value is -8.22. The van der Waals surface area contributed by atoms with Gasteiger partial charge in [0, 0.05) is 49.1 Å². The summed E-state index contributed by atoms with van der Waals surface area (Å²) in [5.74, 6) is 1.19. The van der Waals surface area contributed by atoms with Gasteiger partial charge in [-0.3, -0.25) is 4.57 Å². The van der Waals surface area contributed by atoms with Crippen LogP contribution in [0, 0.1) is 0 Å². The SMILES string of the molecule is c1ccc(-c2ncc3nc(-n4c5c6ccccc6ccc5c5c6ccccc6c6c7ccc8ccccc8c7n(-c7ccccc7)c6c54)nc(-c4ccccc4)c3n2)cc1. The second-order valence-corrected chi connectivity index (χ2v) is 15.4. The average molecular weight is 765 g/mol. The number of para-hydroxylation sites is 1. The van der Waals surface area contributed by atoms with Crippen LogP contribution in [0.4, 0.5) is 0 Å². The smallest absolute Gasteiger partial charge is 0.236 e. The van der Waals surface area contributed by atoms with Crippen LogP contribution in [0.5, 0.6) is 0 Å². The zero-order valence-corrected chi connectivity index (χ0v) is 32.2. The lowest BCUT2D eigenvalue weighted by molar-refractivity contribution is 1.01. The van der Waals surface area contributed by atoms with E-state index in [0.29, 0.717) is 22.8 Å². The molecule has 0 radical (unpaired) electrons. The molecular formula is C54H32N6. The van der Waals surface area contributed by atoms with Crippen LogP contribution in [0.1, 0.15) is 0 Å². The van der Waals surface area contributed by atoms with E-state index in [-0.39, 0.29) is 0 Å². The number of aromatic nitrogens is 6. The third kappa shape index (κ3) is 4.64. The molecule has 6 nitrogen and oxygen atoms in total. The van der Waals surface area contributed by atoms with Crippen LogP contribution in [-0.2, 0) is 0 Å². The maximum absolute atomic E-state index is 5.60. The molecule has 0 atom stereocenters. The highest BCUT2D eigenvalue weighted by Gasteiger charge is 2.28. The van der Waals surface area contributed by atoms with Crippen molar-refractivity contribution < 1.29 is 0 Å². The first-order valence-electron chi connectivity index (χ1n) is 20.2. The first kappa shape index (κ1) is 32.8. The van der Waals surface area contributed by atoms with E-state index >= 15 is 0 Å². The molecule has 0 aliphatic heterocycles. The van der Waals surface area contributed by atoms with Gasteiger partial charge >= 0.3 is 0 Å². The molecule has 0 aliphatic carbocycles. The molecule has 278 valence electrons. The summed E-state index contributed by atoms with van der Waals surface area (Å²) in [6.07, 6.45) is 1.85. The average Bonchev–Trinajstić information content (AvgIpc) is 3.87. The topological polar surface area (TPSA) is 61.4 Å². The Morgan fingerprint density at radius 1 is 0.350 bits per heavy atom. The van der Waals surface area contributed by atoms with Crippen molar-refractivity contribution in [2.24, 2.45) is 0 Å². The molecule has 0 unspecified atom stereocenters. The van der Waals surface area contributed by atoms with Gasteiger partial charge in [-0.2, -0.15) is 0 Å². The molecular weight excluding hydrogens is 733 g/mol. The Morgan fingerprint density at radius 2 is 0.850 bits per heavy atom. The van der Waals surface area contributed by atoms with Gasteiger partial charge in [0.1, 0.15) is 16.7 Å². The maximum atomic E-state index is 5.60. The van der Waals surface area contributed by atoms with Crippen molar-refractivity contribution in [2.45, 2.75) is 0 Å². The Labute approximate surface area is 343 Å². The van der Waals surface area contributed by atoms with Crippen molar-refractivity contribution in [2.75, 3.05) is 0 Å². The quantitative estimate of drug-likeness (QED) is 0.179. The third-order valence-electron chi connectivity index (χ3n) is 12.1. The van der Waals surface area contributed by atoms with E-state index < -0.39 is 0 Å². The van der Waals surface area contributed by atoms with Crippen LogP contribution in [0.15, 0.2) is 194 Å². The summed E-state index contributed by atoms with van der Waals surface area (Å²) in [6, 6.07) is 66.5. The molecule has 6 heteroatoms. The van der Waals surface area contributed by atoms with Crippen molar-refractivity contribution in [3.05, 3.63) is 194 Å². The van der Waals surface area contributed by atoms with Gasteiger partial charge in [0.15, 0.2) is 5.82 Å². The summed E-state index contributed by atoms with van der Waals surface area (Å²) in [5.41, 5.74) is 9.44. The van der Waals surface area contributed by atoms with E-state index in [1.54, 1.807) is 0 Å². The first-order valence-corrected chi connectivity index (χ1v) is 20.2. The van der Waals surface area contributed by atoms with Gasteiger partial charge in [-0.05, 0) is 33.7 Å². The molecule has 0 amide bonds. The molecule has 4 aromatic heterocycles. The molecule has 4 heterocycles. The van der Waals surface area contributed by atoms with E-state index in [9.17, 15) is 0 Å². The zero-order valence-electron chi connectivity index (χ0n) is 32.2. The fraction of sp³-hybridized carbons (Fsp3) is 0. The number of fused-ring (bicyclic) bond motifs is 15. The minimum absolute atomic E-state index is 0.556. The van der Waals surface area contributed by atoms with Gasteiger partial charge in [0.25, 0.3) is 0 Å². The zero-order chi connectivity index (χ0) is 39.3. The minimum Gasteiger partial charge on any atom is -0.307 e. The molecule has 60 heavy (non-hydrogen) atoms. The summed E-state index contributed by atoms with van der Waals surface area (Å²) in [4.78, 5) is 21.1. The third-order valence-corrected chi connectivity index (χ3v) is 12.1. The second-order valence-electron chi connectivity index (χ2n) is 15.4. The molecule has 13 rings (SSSR count). The molecule has 0 spiro atoms. The Morgan fingerprint density at radius 3 is 1.47 bits per heavy atom. The summed E-state index contributed by atoms with van der Waals surface area (Å²) in [7, 11) is 0. The summed E-state index contributed by atoms with van der Waals surface area (Å²) in [6.45, 7) is 0. The Kier molecular flexibility index (Phi) is 6.91. The number of hydrogen-bond donors (Lipinski definition) is 0. The Balaban J connectivity index is 1.30. The molecule has 0 N–H and O–H groups in total. The second kappa shape index (κ2) is 12.6. The number of rotatable bonds is 4. The number of hydrogen-bond acceptors (Lipinski definition) is 4. The van der Waals surface area contributed by atoms with Crippen molar-refractivity contribution in [1.29, 1.82) is 0 Å². The van der Waals surface area contributed by atoms with E-state index in [2.05, 4.69) is 161 Å². The molecule has 0 saturated heterocycles. The highest BCUT2D eigenvalue weighted by atomic mass is 15.2. The van der Waals surface area contributed by atoms with Gasteiger partial charge in [-0.25, -0.2) is 19.9 Å². The fourth-order valence-corrected chi connectivity index (χ4v) is 9.59. The normalized spacial score (nSPS) is 12.0. The highest BCUT2D eigenvalue weighted by Crippen LogP contribution is 2.49. The number of benzene rings is 9. The van der Waals surface area contributed by atoms with E-state index in [1.165, 1.54) is 37.8 Å². The molecule has 0 saturated carbocycles.